The third-order valence-electron chi connectivity index (χ3n) is 7.81. The van der Waals surface area contributed by atoms with Crippen molar-refractivity contribution in [1.29, 1.82) is 5.26 Å². The lowest BCUT2D eigenvalue weighted by molar-refractivity contribution is -0.184. The smallest absolute Gasteiger partial charge is 0.287 e. The van der Waals surface area contributed by atoms with Crippen LogP contribution in [0.4, 0.5) is 0 Å². The molecule has 0 atom stereocenters. The van der Waals surface area contributed by atoms with Crippen molar-refractivity contribution < 1.29 is 23.8 Å². The van der Waals surface area contributed by atoms with Gasteiger partial charge in [-0.25, -0.2) is 4.98 Å². The molecule has 9 heteroatoms. The van der Waals surface area contributed by atoms with Crippen LogP contribution in [0.1, 0.15) is 66.9 Å². The van der Waals surface area contributed by atoms with Gasteiger partial charge in [0.25, 0.3) is 5.91 Å². The van der Waals surface area contributed by atoms with Crippen LogP contribution >= 0.6 is 11.3 Å². The first-order valence-electron chi connectivity index (χ1n) is 12.4. The highest BCUT2D eigenvalue weighted by Gasteiger charge is 2.50. The van der Waals surface area contributed by atoms with Crippen LogP contribution in [0.25, 0.3) is 22.2 Å². The first-order valence-corrected chi connectivity index (χ1v) is 13.3. The molecule has 0 radical (unpaired) electrons. The van der Waals surface area contributed by atoms with E-state index in [9.17, 15) is 20.0 Å². The largest absolute Gasteiger partial charge is 0.451 e. The van der Waals surface area contributed by atoms with E-state index in [0.717, 1.165) is 48.7 Å². The number of benzene rings is 1. The van der Waals surface area contributed by atoms with Crippen molar-refractivity contribution in [2.45, 2.75) is 62.5 Å². The summed E-state index contributed by atoms with van der Waals surface area (Å²) in [5.74, 6) is -0.292. The average molecular weight is 506 g/mol. The third-order valence-corrected chi connectivity index (χ3v) is 8.84. The van der Waals surface area contributed by atoms with Crippen molar-refractivity contribution in [1.82, 2.24) is 10.3 Å². The zero-order valence-electron chi connectivity index (χ0n) is 19.8. The second-order valence-corrected chi connectivity index (χ2v) is 11.4. The Morgan fingerprint density at radius 3 is 2.58 bits per heavy atom. The summed E-state index contributed by atoms with van der Waals surface area (Å²) in [5.41, 5.74) is -0.406. The number of amides is 1. The van der Waals surface area contributed by atoms with Crippen molar-refractivity contribution in [2.75, 3.05) is 13.2 Å². The van der Waals surface area contributed by atoms with Crippen molar-refractivity contribution in [3.8, 4) is 17.3 Å². The molecule has 1 aromatic carbocycles. The maximum absolute atomic E-state index is 13.3. The lowest BCUT2D eigenvalue weighted by atomic mass is 9.75. The number of thiazole rings is 1. The average Bonchev–Trinajstić information content (AvgIpc) is 3.27. The highest BCUT2D eigenvalue weighted by Crippen LogP contribution is 2.49. The van der Waals surface area contributed by atoms with Gasteiger partial charge in [0.05, 0.1) is 35.9 Å². The van der Waals surface area contributed by atoms with E-state index in [4.69, 9.17) is 9.15 Å². The van der Waals surface area contributed by atoms with Crippen molar-refractivity contribution in [2.24, 2.45) is 5.41 Å². The van der Waals surface area contributed by atoms with Crippen LogP contribution in [0.3, 0.4) is 0 Å². The van der Waals surface area contributed by atoms with E-state index in [2.05, 4.69) is 16.4 Å². The van der Waals surface area contributed by atoms with Gasteiger partial charge >= 0.3 is 0 Å². The highest BCUT2D eigenvalue weighted by molar-refractivity contribution is 7.10. The monoisotopic (exact) mass is 505 g/mol. The molecule has 1 aliphatic heterocycles. The molecule has 2 aliphatic carbocycles. The van der Waals surface area contributed by atoms with Crippen molar-refractivity contribution >= 4 is 34.0 Å². The maximum atomic E-state index is 13.3. The Morgan fingerprint density at radius 2 is 1.92 bits per heavy atom. The van der Waals surface area contributed by atoms with Crippen LogP contribution < -0.4 is 5.32 Å². The van der Waals surface area contributed by atoms with Gasteiger partial charge in [-0.1, -0.05) is 31.4 Å². The summed E-state index contributed by atoms with van der Waals surface area (Å²) in [6.45, 7) is 0.494. The first kappa shape index (κ1) is 23.3. The summed E-state index contributed by atoms with van der Waals surface area (Å²) < 4.78 is 11.1. The highest BCUT2D eigenvalue weighted by atomic mass is 32.1. The molecule has 3 aliphatic rings. The van der Waals surface area contributed by atoms with Crippen LogP contribution in [0.15, 0.2) is 34.1 Å². The lowest BCUT2D eigenvalue weighted by Crippen LogP contribution is -2.56. The van der Waals surface area contributed by atoms with Crippen molar-refractivity contribution in [3.63, 3.8) is 0 Å². The molecule has 0 spiro atoms. The number of ketones is 1. The first-order chi connectivity index (χ1) is 17.3. The maximum Gasteiger partial charge on any atom is 0.287 e. The molecule has 1 saturated heterocycles. The summed E-state index contributed by atoms with van der Waals surface area (Å²) in [6.07, 6.45) is 5.64. The van der Waals surface area contributed by atoms with Gasteiger partial charge in [-0.2, -0.15) is 5.26 Å². The Bertz CT molecular complexity index is 1390. The minimum absolute atomic E-state index is 0.0362. The Morgan fingerprint density at radius 1 is 1.14 bits per heavy atom. The molecular formula is C27H27N3O5S. The van der Waals surface area contributed by atoms with E-state index in [1.807, 2.05) is 23.6 Å². The number of fused-ring (bicyclic) bond motifs is 1. The minimum Gasteiger partial charge on any atom is -0.451 e. The van der Waals surface area contributed by atoms with E-state index >= 15 is 0 Å². The summed E-state index contributed by atoms with van der Waals surface area (Å²) in [6, 6.07) is 9.60. The quantitative estimate of drug-likeness (QED) is 0.485. The number of rotatable bonds is 7. The van der Waals surface area contributed by atoms with E-state index in [1.165, 1.54) is 11.3 Å². The normalized spacial score (nSPS) is 21.3. The molecule has 186 valence electrons. The second kappa shape index (κ2) is 8.51. The third kappa shape index (κ3) is 4.03. The number of carbonyl (C=O) groups excluding carboxylic acids is 2. The fraction of sp³-hybridized carbons (Fsp3) is 0.481. The zero-order chi connectivity index (χ0) is 25.0. The van der Waals surface area contributed by atoms with Gasteiger partial charge in [-0.15, -0.1) is 11.3 Å². The molecule has 2 aromatic heterocycles. The minimum atomic E-state index is -1.01. The van der Waals surface area contributed by atoms with E-state index < -0.39 is 22.5 Å². The Kier molecular flexibility index (Phi) is 5.52. The van der Waals surface area contributed by atoms with Crippen LogP contribution in [-0.4, -0.2) is 40.5 Å². The number of aromatic nitrogens is 1. The van der Waals surface area contributed by atoms with E-state index in [1.54, 1.807) is 6.07 Å². The molecule has 1 amide bonds. The fourth-order valence-electron chi connectivity index (χ4n) is 5.20. The Balaban J connectivity index is 1.23. The number of furan rings is 1. The fourth-order valence-corrected chi connectivity index (χ4v) is 6.10. The summed E-state index contributed by atoms with van der Waals surface area (Å²) >= 11 is 1.39. The lowest BCUT2D eigenvalue weighted by Gasteiger charge is -2.37. The van der Waals surface area contributed by atoms with E-state index in [-0.39, 0.29) is 31.2 Å². The predicted molar refractivity (Wildman–Crippen MR) is 132 cm³/mol. The van der Waals surface area contributed by atoms with Crippen LogP contribution in [-0.2, 0) is 15.1 Å². The van der Waals surface area contributed by atoms with Gasteiger partial charge in [0, 0.05) is 22.8 Å². The molecule has 0 unspecified atom stereocenters. The molecule has 3 heterocycles. The SMILES string of the molecule is N#CC1(CC(=O)C2(NC(=O)c3cc4ccc(-c5csc(C6(O)COC6)n5)cc4o3)CCCCC2)CC1. The standard InChI is InChI=1S/C27H27N3O5S/c28-14-25(8-9-25)12-22(31)26(6-2-1-3-7-26)30-23(32)21-11-18-5-4-17(10-20(18)35-21)19-13-36-24(29-19)27(33)15-34-16-27/h4-5,10-11,13,33H,1-3,6-9,12,15-16H2,(H,30,32). The molecule has 8 nitrogen and oxygen atoms in total. The second-order valence-electron chi connectivity index (χ2n) is 10.5. The zero-order valence-corrected chi connectivity index (χ0v) is 20.7. The number of hydrogen-bond acceptors (Lipinski definition) is 8. The van der Waals surface area contributed by atoms with Gasteiger partial charge in [-0.3, -0.25) is 9.59 Å². The molecule has 2 N–H and O–H groups in total. The summed E-state index contributed by atoms with van der Waals surface area (Å²) in [5, 5.41) is 26.2. The van der Waals surface area contributed by atoms with Gasteiger partial charge in [-0.05, 0) is 37.8 Å². The number of nitrogens with one attached hydrogen (secondary N) is 1. The Labute approximate surface area is 212 Å². The van der Waals surface area contributed by atoms with Gasteiger partial charge < -0.3 is 19.6 Å². The molecule has 3 aromatic rings. The number of carbonyl (C=O) groups is 2. The number of Topliss-reactive ketones (excluding diaryl/α,β-unsaturated/α-hetero) is 1. The molecule has 36 heavy (non-hydrogen) atoms. The molecule has 2 saturated carbocycles. The van der Waals surface area contributed by atoms with Crippen molar-refractivity contribution in [3.05, 3.63) is 40.4 Å². The van der Waals surface area contributed by atoms with Gasteiger partial charge in [0.2, 0.25) is 0 Å². The summed E-state index contributed by atoms with van der Waals surface area (Å²) in [4.78, 5) is 31.2. The molecule has 0 bridgehead atoms. The van der Waals surface area contributed by atoms with Gasteiger partial charge in [0.1, 0.15) is 10.6 Å². The molecular weight excluding hydrogens is 478 g/mol. The topological polar surface area (TPSA) is 125 Å². The van der Waals surface area contributed by atoms with Crippen LogP contribution in [0, 0.1) is 16.7 Å². The summed E-state index contributed by atoms with van der Waals surface area (Å²) in [7, 11) is 0. The number of nitriles is 1. The molecule has 6 rings (SSSR count). The van der Waals surface area contributed by atoms with Crippen LogP contribution in [0.2, 0.25) is 0 Å². The number of ether oxygens (including phenoxy) is 1. The number of nitrogens with zero attached hydrogens (tertiary/aromatic N) is 2. The Hall–Kier alpha value is -3.06. The molecule has 3 fully saturated rings. The van der Waals surface area contributed by atoms with E-state index in [0.29, 0.717) is 23.4 Å². The number of aliphatic hydroxyl groups is 1. The van der Waals surface area contributed by atoms with Crippen LogP contribution in [0.5, 0.6) is 0 Å². The van der Waals surface area contributed by atoms with Gasteiger partial charge in [0.15, 0.2) is 17.1 Å². The number of hydrogen-bond donors (Lipinski definition) is 2. The predicted octanol–water partition coefficient (Wildman–Crippen LogP) is 4.47.